The molecule has 1 N–H and O–H groups in total. The molecule has 1 saturated carbocycles. The van der Waals surface area contributed by atoms with Crippen molar-refractivity contribution >= 4 is 10.0 Å². The zero-order valence-corrected chi connectivity index (χ0v) is 18.6. The van der Waals surface area contributed by atoms with Crippen molar-refractivity contribution < 1.29 is 26.3 Å². The van der Waals surface area contributed by atoms with E-state index in [-0.39, 0.29) is 11.4 Å². The van der Waals surface area contributed by atoms with Crippen LogP contribution in [0, 0.1) is 5.92 Å². The van der Waals surface area contributed by atoms with Crippen molar-refractivity contribution in [3.05, 3.63) is 29.8 Å². The quantitative estimate of drug-likeness (QED) is 0.511. The summed E-state index contributed by atoms with van der Waals surface area (Å²) in [5.74, 6) is 0.439. The highest BCUT2D eigenvalue weighted by atomic mass is 32.2. The minimum absolute atomic E-state index is 0.151. The zero-order chi connectivity index (χ0) is 22.2. The Labute approximate surface area is 178 Å². The summed E-state index contributed by atoms with van der Waals surface area (Å²) in [6.45, 7) is 2.14. The first-order chi connectivity index (χ1) is 14.1. The summed E-state index contributed by atoms with van der Waals surface area (Å²) < 4.78 is 70.9. The predicted octanol–water partition coefficient (Wildman–Crippen LogP) is 4.29. The number of rotatable bonds is 11. The Bertz CT molecular complexity index is 729. The first-order valence-corrected chi connectivity index (χ1v) is 12.0. The average Bonchev–Trinajstić information content (AvgIpc) is 2.68. The molecular formula is C21H33F3N2O3S. The van der Waals surface area contributed by atoms with Crippen molar-refractivity contribution in [1.82, 2.24) is 9.62 Å². The molecule has 1 aromatic rings. The van der Waals surface area contributed by atoms with Crippen molar-refractivity contribution in [2.45, 2.75) is 62.1 Å². The Balaban J connectivity index is 1.66. The van der Waals surface area contributed by atoms with Crippen LogP contribution in [0.1, 0.15) is 50.5 Å². The van der Waals surface area contributed by atoms with E-state index in [0.29, 0.717) is 12.0 Å². The van der Waals surface area contributed by atoms with E-state index in [9.17, 15) is 21.6 Å². The molecule has 0 radical (unpaired) electrons. The molecule has 5 nitrogen and oxygen atoms in total. The van der Waals surface area contributed by atoms with Gasteiger partial charge in [0.2, 0.25) is 10.0 Å². The molecule has 0 unspecified atom stereocenters. The van der Waals surface area contributed by atoms with E-state index in [1.54, 1.807) is 0 Å². The number of nitrogens with zero attached hydrogens (tertiary/aromatic N) is 1. The van der Waals surface area contributed by atoms with Crippen LogP contribution in [0.3, 0.4) is 0 Å². The lowest BCUT2D eigenvalue weighted by Gasteiger charge is -2.28. The predicted molar refractivity (Wildman–Crippen MR) is 111 cm³/mol. The second kappa shape index (κ2) is 11.5. The van der Waals surface area contributed by atoms with E-state index in [2.05, 4.69) is 23.7 Å². The molecule has 0 aliphatic heterocycles. The minimum Gasteiger partial charge on any atom is -0.378 e. The van der Waals surface area contributed by atoms with Gasteiger partial charge in [-0.05, 0) is 95.8 Å². The van der Waals surface area contributed by atoms with Crippen LogP contribution < -0.4 is 4.72 Å². The molecule has 1 aliphatic carbocycles. The molecule has 0 amide bonds. The molecule has 0 atom stereocenters. The summed E-state index contributed by atoms with van der Waals surface area (Å²) in [7, 11) is 0.319. The number of benzene rings is 1. The second-order valence-electron chi connectivity index (χ2n) is 8.23. The number of alkyl halides is 3. The number of hydrogen-bond acceptors (Lipinski definition) is 4. The van der Waals surface area contributed by atoms with Gasteiger partial charge in [-0.3, -0.25) is 0 Å². The lowest BCUT2D eigenvalue weighted by molar-refractivity contribution is -0.137. The summed E-state index contributed by atoms with van der Waals surface area (Å²) in [6.07, 6.45) is 2.71. The van der Waals surface area contributed by atoms with Crippen LogP contribution in [0.2, 0.25) is 0 Å². The van der Waals surface area contributed by atoms with Gasteiger partial charge >= 0.3 is 6.18 Å². The Morgan fingerprint density at radius 1 is 1.07 bits per heavy atom. The molecule has 2 rings (SSSR count). The fraction of sp³-hybridized carbons (Fsp3) is 0.714. The smallest absolute Gasteiger partial charge is 0.378 e. The van der Waals surface area contributed by atoms with E-state index in [0.717, 1.165) is 82.4 Å². The molecule has 0 saturated heterocycles. The van der Waals surface area contributed by atoms with E-state index >= 15 is 0 Å². The van der Waals surface area contributed by atoms with Crippen LogP contribution in [0.25, 0.3) is 0 Å². The maximum Gasteiger partial charge on any atom is 0.416 e. The summed E-state index contributed by atoms with van der Waals surface area (Å²) in [5, 5.41) is 0. The van der Waals surface area contributed by atoms with Gasteiger partial charge in [0.15, 0.2) is 0 Å². The van der Waals surface area contributed by atoms with Gasteiger partial charge in [0.25, 0.3) is 0 Å². The van der Waals surface area contributed by atoms with Crippen molar-refractivity contribution in [1.29, 1.82) is 0 Å². The number of unbranched alkanes of at least 4 members (excludes halogenated alkanes) is 1. The van der Waals surface area contributed by atoms with Gasteiger partial charge in [-0.15, -0.1) is 0 Å². The molecule has 30 heavy (non-hydrogen) atoms. The van der Waals surface area contributed by atoms with Crippen molar-refractivity contribution in [2.24, 2.45) is 5.92 Å². The van der Waals surface area contributed by atoms with Crippen LogP contribution in [0.5, 0.6) is 0 Å². The lowest BCUT2D eigenvalue weighted by Crippen LogP contribution is -2.28. The third kappa shape index (κ3) is 8.53. The molecule has 0 aromatic heterocycles. The van der Waals surface area contributed by atoms with Gasteiger partial charge in [-0.1, -0.05) is 0 Å². The van der Waals surface area contributed by atoms with Crippen molar-refractivity contribution in [2.75, 3.05) is 33.8 Å². The Morgan fingerprint density at radius 2 is 1.70 bits per heavy atom. The van der Waals surface area contributed by atoms with Crippen LogP contribution in [0.4, 0.5) is 13.2 Å². The normalized spacial score (nSPS) is 20.6. The highest BCUT2D eigenvalue weighted by Gasteiger charge is 2.30. The van der Waals surface area contributed by atoms with Crippen LogP contribution in [0.15, 0.2) is 29.2 Å². The van der Waals surface area contributed by atoms with Gasteiger partial charge in [0.1, 0.15) is 0 Å². The first-order valence-electron chi connectivity index (χ1n) is 10.5. The van der Waals surface area contributed by atoms with Gasteiger partial charge in [-0.2, -0.15) is 13.2 Å². The SMILES string of the molecule is CN(C)CCCCOC1CCC(CCNS(=O)(=O)c2ccc(C(F)(F)F)cc2)CC1. The number of nitrogens with one attached hydrogen (secondary N) is 1. The molecule has 1 aliphatic rings. The Morgan fingerprint density at radius 3 is 2.27 bits per heavy atom. The van der Waals surface area contributed by atoms with Crippen molar-refractivity contribution in [3.8, 4) is 0 Å². The number of sulfonamides is 1. The maximum absolute atomic E-state index is 12.6. The third-order valence-electron chi connectivity index (χ3n) is 5.48. The highest BCUT2D eigenvalue weighted by molar-refractivity contribution is 7.89. The Hall–Kier alpha value is -1.16. The van der Waals surface area contributed by atoms with E-state index in [1.165, 1.54) is 0 Å². The van der Waals surface area contributed by atoms with Gasteiger partial charge in [-0.25, -0.2) is 13.1 Å². The second-order valence-corrected chi connectivity index (χ2v) is 10.00. The lowest BCUT2D eigenvalue weighted by atomic mass is 9.85. The molecule has 9 heteroatoms. The summed E-state index contributed by atoms with van der Waals surface area (Å²) in [6, 6.07) is 3.56. The summed E-state index contributed by atoms with van der Waals surface area (Å²) in [4.78, 5) is 2.01. The average molecular weight is 451 g/mol. The summed E-state index contributed by atoms with van der Waals surface area (Å²) in [5.41, 5.74) is -0.863. The molecule has 0 heterocycles. The zero-order valence-electron chi connectivity index (χ0n) is 17.7. The largest absolute Gasteiger partial charge is 0.416 e. The molecule has 0 bridgehead atoms. The highest BCUT2D eigenvalue weighted by Crippen LogP contribution is 2.30. The molecule has 172 valence electrons. The number of ether oxygens (including phenoxy) is 1. The minimum atomic E-state index is -4.48. The van der Waals surface area contributed by atoms with Gasteiger partial charge in [0.05, 0.1) is 16.6 Å². The molecular weight excluding hydrogens is 417 g/mol. The molecule has 1 aromatic carbocycles. The molecule has 1 fully saturated rings. The molecule has 0 spiro atoms. The monoisotopic (exact) mass is 450 g/mol. The van der Waals surface area contributed by atoms with Crippen LogP contribution in [-0.2, 0) is 20.9 Å². The van der Waals surface area contributed by atoms with Gasteiger partial charge < -0.3 is 9.64 Å². The maximum atomic E-state index is 12.6. The standard InChI is InChI=1S/C21H33F3N2O3S/c1-26(2)15-3-4-16-29-19-9-5-17(6-10-19)13-14-25-30(27,28)20-11-7-18(8-12-20)21(22,23)24/h7-8,11-12,17,19,25H,3-6,9-10,13-16H2,1-2H3. The van der Waals surface area contributed by atoms with E-state index < -0.39 is 21.8 Å². The van der Waals surface area contributed by atoms with E-state index in [4.69, 9.17) is 4.74 Å². The third-order valence-corrected chi connectivity index (χ3v) is 6.96. The topological polar surface area (TPSA) is 58.6 Å². The van der Waals surface area contributed by atoms with E-state index in [1.807, 2.05) is 0 Å². The first kappa shape index (κ1) is 25.1. The Kier molecular flexibility index (Phi) is 9.59. The summed E-state index contributed by atoms with van der Waals surface area (Å²) >= 11 is 0. The fourth-order valence-electron chi connectivity index (χ4n) is 3.67. The van der Waals surface area contributed by atoms with Gasteiger partial charge in [0, 0.05) is 13.2 Å². The fourth-order valence-corrected chi connectivity index (χ4v) is 4.72. The van der Waals surface area contributed by atoms with Crippen molar-refractivity contribution in [3.63, 3.8) is 0 Å². The van der Waals surface area contributed by atoms with Crippen LogP contribution >= 0.6 is 0 Å². The van der Waals surface area contributed by atoms with Crippen LogP contribution in [-0.4, -0.2) is 53.2 Å². The number of halogens is 3. The number of hydrogen-bond donors (Lipinski definition) is 1.